The van der Waals surface area contributed by atoms with Crippen molar-refractivity contribution in [3.8, 4) is 11.1 Å². The van der Waals surface area contributed by atoms with Crippen LogP contribution in [0.5, 0.6) is 0 Å². The zero-order valence-corrected chi connectivity index (χ0v) is 15.9. The summed E-state index contributed by atoms with van der Waals surface area (Å²) in [6, 6.07) is 24.4. The second kappa shape index (κ2) is 8.30. The lowest BCUT2D eigenvalue weighted by Gasteiger charge is -2.17. The van der Waals surface area contributed by atoms with E-state index in [4.69, 9.17) is 0 Å². The predicted octanol–water partition coefficient (Wildman–Crippen LogP) is 6.32. The number of aromatic carboxylic acids is 1. The molecular weight excluding hydrogens is 346 g/mol. The van der Waals surface area contributed by atoms with Crippen molar-refractivity contribution >= 4 is 11.7 Å². The minimum atomic E-state index is -0.855. The SMILES string of the molecule is O=C(O)c1ccc(-c2ccc(NCc3ccccc3)cc2)c(C2CCCC2)c1. The molecule has 4 rings (SSSR count). The average Bonchev–Trinajstić information content (AvgIpc) is 3.28. The summed E-state index contributed by atoms with van der Waals surface area (Å²) in [7, 11) is 0. The summed E-state index contributed by atoms with van der Waals surface area (Å²) in [6.45, 7) is 0.792. The maximum absolute atomic E-state index is 11.4. The summed E-state index contributed by atoms with van der Waals surface area (Å²) in [4.78, 5) is 11.4. The van der Waals surface area contributed by atoms with Crippen molar-refractivity contribution < 1.29 is 9.90 Å². The molecule has 28 heavy (non-hydrogen) atoms. The number of benzene rings is 3. The van der Waals surface area contributed by atoms with Crippen molar-refractivity contribution in [3.63, 3.8) is 0 Å². The van der Waals surface area contributed by atoms with Gasteiger partial charge in [-0.05, 0) is 65.3 Å². The van der Waals surface area contributed by atoms with E-state index < -0.39 is 5.97 Å². The van der Waals surface area contributed by atoms with Gasteiger partial charge in [-0.1, -0.05) is 61.4 Å². The number of hydrogen-bond acceptors (Lipinski definition) is 2. The predicted molar refractivity (Wildman–Crippen MR) is 114 cm³/mol. The van der Waals surface area contributed by atoms with Gasteiger partial charge in [0.2, 0.25) is 0 Å². The van der Waals surface area contributed by atoms with Gasteiger partial charge in [0.25, 0.3) is 0 Å². The maximum atomic E-state index is 11.4. The molecule has 3 aromatic rings. The Hall–Kier alpha value is -3.07. The molecule has 1 saturated carbocycles. The molecule has 1 aliphatic carbocycles. The van der Waals surface area contributed by atoms with Gasteiger partial charge >= 0.3 is 5.97 Å². The molecular formula is C25H25NO2. The molecule has 0 atom stereocenters. The Bertz CT molecular complexity index is 942. The number of carboxylic acid groups (broad SMARTS) is 1. The van der Waals surface area contributed by atoms with Crippen LogP contribution in [0.3, 0.4) is 0 Å². The Morgan fingerprint density at radius 2 is 1.64 bits per heavy atom. The number of carbonyl (C=O) groups is 1. The first-order chi connectivity index (χ1) is 13.7. The summed E-state index contributed by atoms with van der Waals surface area (Å²) in [6.07, 6.45) is 4.74. The molecule has 0 aliphatic heterocycles. The van der Waals surface area contributed by atoms with E-state index in [-0.39, 0.29) is 0 Å². The van der Waals surface area contributed by atoms with Gasteiger partial charge < -0.3 is 10.4 Å². The van der Waals surface area contributed by atoms with Crippen molar-refractivity contribution in [2.75, 3.05) is 5.32 Å². The highest BCUT2D eigenvalue weighted by molar-refractivity contribution is 5.89. The first-order valence-corrected chi connectivity index (χ1v) is 9.96. The van der Waals surface area contributed by atoms with Gasteiger partial charge in [0.15, 0.2) is 0 Å². The monoisotopic (exact) mass is 371 g/mol. The van der Waals surface area contributed by atoms with Gasteiger partial charge in [-0.15, -0.1) is 0 Å². The molecule has 0 bridgehead atoms. The lowest BCUT2D eigenvalue weighted by Crippen LogP contribution is -2.02. The Morgan fingerprint density at radius 1 is 0.929 bits per heavy atom. The fourth-order valence-electron chi connectivity index (χ4n) is 4.10. The molecule has 1 aliphatic rings. The maximum Gasteiger partial charge on any atom is 0.335 e. The van der Waals surface area contributed by atoms with Crippen LogP contribution in [0.25, 0.3) is 11.1 Å². The molecule has 1 fully saturated rings. The van der Waals surface area contributed by atoms with E-state index in [1.54, 1.807) is 6.07 Å². The Kier molecular flexibility index (Phi) is 5.43. The van der Waals surface area contributed by atoms with E-state index in [2.05, 4.69) is 41.7 Å². The second-order valence-corrected chi connectivity index (χ2v) is 7.51. The van der Waals surface area contributed by atoms with Crippen LogP contribution >= 0.6 is 0 Å². The van der Waals surface area contributed by atoms with Crippen LogP contribution in [0.4, 0.5) is 5.69 Å². The summed E-state index contributed by atoms with van der Waals surface area (Å²) in [5.74, 6) is -0.392. The highest BCUT2D eigenvalue weighted by Gasteiger charge is 2.22. The highest BCUT2D eigenvalue weighted by Crippen LogP contribution is 2.40. The summed E-state index contributed by atoms with van der Waals surface area (Å²) < 4.78 is 0. The molecule has 0 aromatic heterocycles. The average molecular weight is 371 g/mol. The lowest BCUT2D eigenvalue weighted by atomic mass is 9.88. The van der Waals surface area contributed by atoms with Gasteiger partial charge in [0.05, 0.1) is 5.56 Å². The minimum Gasteiger partial charge on any atom is -0.478 e. The van der Waals surface area contributed by atoms with Crippen LogP contribution in [0.1, 0.15) is 53.1 Å². The summed E-state index contributed by atoms with van der Waals surface area (Å²) >= 11 is 0. The van der Waals surface area contributed by atoms with Gasteiger partial charge in [0.1, 0.15) is 0 Å². The molecule has 142 valence electrons. The number of rotatable bonds is 6. The molecule has 0 unspecified atom stereocenters. The minimum absolute atomic E-state index is 0.381. The summed E-state index contributed by atoms with van der Waals surface area (Å²) in [5, 5.41) is 12.9. The lowest BCUT2D eigenvalue weighted by molar-refractivity contribution is 0.0696. The normalized spacial score (nSPS) is 14.1. The molecule has 3 heteroatoms. The first kappa shape index (κ1) is 18.3. The van der Waals surface area contributed by atoms with Crippen LogP contribution in [0, 0.1) is 0 Å². The number of nitrogens with one attached hydrogen (secondary N) is 1. The third-order valence-corrected chi connectivity index (χ3v) is 5.63. The molecule has 3 aromatic carbocycles. The van der Waals surface area contributed by atoms with Crippen molar-refractivity contribution in [2.45, 2.75) is 38.1 Å². The molecule has 0 heterocycles. The van der Waals surface area contributed by atoms with Crippen molar-refractivity contribution in [1.29, 1.82) is 0 Å². The van der Waals surface area contributed by atoms with E-state index >= 15 is 0 Å². The van der Waals surface area contributed by atoms with Crippen LogP contribution in [0.15, 0.2) is 72.8 Å². The number of anilines is 1. The van der Waals surface area contributed by atoms with E-state index in [0.29, 0.717) is 11.5 Å². The van der Waals surface area contributed by atoms with Gasteiger partial charge in [-0.2, -0.15) is 0 Å². The quantitative estimate of drug-likeness (QED) is 0.533. The van der Waals surface area contributed by atoms with Crippen LogP contribution in [0.2, 0.25) is 0 Å². The van der Waals surface area contributed by atoms with Gasteiger partial charge in [0, 0.05) is 12.2 Å². The van der Waals surface area contributed by atoms with E-state index in [1.165, 1.54) is 24.0 Å². The third-order valence-electron chi connectivity index (χ3n) is 5.63. The largest absolute Gasteiger partial charge is 0.478 e. The highest BCUT2D eigenvalue weighted by atomic mass is 16.4. The Balaban J connectivity index is 1.57. The van der Waals surface area contributed by atoms with Gasteiger partial charge in [-0.25, -0.2) is 4.79 Å². The molecule has 0 amide bonds. The zero-order valence-electron chi connectivity index (χ0n) is 15.9. The van der Waals surface area contributed by atoms with Crippen LogP contribution < -0.4 is 5.32 Å². The molecule has 2 N–H and O–H groups in total. The molecule has 0 saturated heterocycles. The van der Waals surface area contributed by atoms with Crippen molar-refractivity contribution in [3.05, 3.63) is 89.5 Å². The van der Waals surface area contributed by atoms with Crippen molar-refractivity contribution in [2.24, 2.45) is 0 Å². The van der Waals surface area contributed by atoms with Crippen molar-refractivity contribution in [1.82, 2.24) is 0 Å². The fraction of sp³-hybridized carbons (Fsp3) is 0.240. The van der Waals surface area contributed by atoms with E-state index in [9.17, 15) is 9.90 Å². The molecule has 0 radical (unpaired) electrons. The molecule has 0 spiro atoms. The van der Waals surface area contributed by atoms with E-state index in [0.717, 1.165) is 36.2 Å². The number of hydrogen-bond donors (Lipinski definition) is 2. The van der Waals surface area contributed by atoms with Gasteiger partial charge in [-0.3, -0.25) is 0 Å². The first-order valence-electron chi connectivity index (χ1n) is 9.96. The smallest absolute Gasteiger partial charge is 0.335 e. The Labute approximate surface area is 166 Å². The molecule has 3 nitrogen and oxygen atoms in total. The fourth-order valence-corrected chi connectivity index (χ4v) is 4.10. The standard InChI is InChI=1S/C25H25NO2/c27-25(28)21-12-15-23(24(16-21)19-8-4-5-9-19)20-10-13-22(14-11-20)26-17-18-6-2-1-3-7-18/h1-3,6-7,10-16,19,26H,4-5,8-9,17H2,(H,27,28). The third kappa shape index (κ3) is 4.09. The van der Waals surface area contributed by atoms with E-state index in [1.807, 2.05) is 30.3 Å². The topological polar surface area (TPSA) is 49.3 Å². The number of carboxylic acids is 1. The zero-order chi connectivity index (χ0) is 19.3. The van der Waals surface area contributed by atoms with Crippen LogP contribution in [-0.4, -0.2) is 11.1 Å². The second-order valence-electron chi connectivity index (χ2n) is 7.51. The Morgan fingerprint density at radius 3 is 2.32 bits per heavy atom. The summed E-state index contributed by atoms with van der Waals surface area (Å²) in [5.41, 5.74) is 6.20. The van der Waals surface area contributed by atoms with Crippen LogP contribution in [-0.2, 0) is 6.54 Å².